The van der Waals surface area contributed by atoms with Gasteiger partial charge in [-0.05, 0) is 32.7 Å². The fraction of sp³-hybridized carbons (Fsp3) is 0.562. The molecular weight excluding hydrogens is 222 g/mol. The number of carbonyl (C=O) groups excluding carboxylic acids is 1. The molecule has 2 nitrogen and oxygen atoms in total. The van der Waals surface area contributed by atoms with Gasteiger partial charge in [-0.25, -0.2) is 0 Å². The lowest BCUT2D eigenvalue weighted by Crippen LogP contribution is -2.51. The van der Waals surface area contributed by atoms with Gasteiger partial charge in [-0.15, -0.1) is 0 Å². The summed E-state index contributed by atoms with van der Waals surface area (Å²) in [5.41, 5.74) is 0.894. The summed E-state index contributed by atoms with van der Waals surface area (Å²) >= 11 is 0. The highest BCUT2D eigenvalue weighted by Crippen LogP contribution is 2.37. The monoisotopic (exact) mass is 243 g/mol. The maximum absolute atomic E-state index is 12.5. The summed E-state index contributed by atoms with van der Waals surface area (Å²) in [4.78, 5) is 15.0. The van der Waals surface area contributed by atoms with E-state index < -0.39 is 0 Å². The predicted molar refractivity (Wildman–Crippen MR) is 72.7 cm³/mol. The molecule has 18 heavy (non-hydrogen) atoms. The average Bonchev–Trinajstić information content (AvgIpc) is 2.38. The predicted octanol–water partition coefficient (Wildman–Crippen LogP) is 3.13. The summed E-state index contributed by atoms with van der Waals surface area (Å²) in [7, 11) is 2.23. The zero-order chi connectivity index (χ0) is 12.5. The van der Waals surface area contributed by atoms with Gasteiger partial charge in [0.2, 0.25) is 0 Å². The fourth-order valence-electron chi connectivity index (χ4n) is 3.67. The molecule has 0 aromatic heterocycles. The lowest BCUT2D eigenvalue weighted by atomic mass is 9.76. The normalized spacial score (nSPS) is 32.2. The number of fused-ring (bicyclic) bond motifs is 2. The van der Waals surface area contributed by atoms with Gasteiger partial charge in [0.05, 0.1) is 0 Å². The van der Waals surface area contributed by atoms with E-state index in [2.05, 4.69) is 11.9 Å². The minimum Gasteiger partial charge on any atom is -0.300 e. The second-order valence-corrected chi connectivity index (χ2v) is 5.80. The Morgan fingerprint density at radius 3 is 2.33 bits per heavy atom. The SMILES string of the molecule is CN1C2CCCC1CC(C(=O)c1ccccc1)C2. The number of nitrogens with zero attached hydrogens (tertiary/aromatic N) is 1. The molecule has 1 aromatic rings. The summed E-state index contributed by atoms with van der Waals surface area (Å²) in [5.74, 6) is 0.611. The summed E-state index contributed by atoms with van der Waals surface area (Å²) in [5, 5.41) is 0. The molecule has 2 unspecified atom stereocenters. The van der Waals surface area contributed by atoms with Gasteiger partial charge in [0, 0.05) is 23.6 Å². The minimum atomic E-state index is 0.249. The first-order chi connectivity index (χ1) is 8.75. The Morgan fingerprint density at radius 2 is 1.72 bits per heavy atom. The molecule has 2 aliphatic heterocycles. The number of piperidine rings is 2. The lowest BCUT2D eigenvalue weighted by Gasteiger charge is -2.46. The van der Waals surface area contributed by atoms with Gasteiger partial charge in [0.25, 0.3) is 0 Å². The van der Waals surface area contributed by atoms with Crippen molar-refractivity contribution in [1.29, 1.82) is 0 Å². The topological polar surface area (TPSA) is 20.3 Å². The molecule has 0 aliphatic carbocycles. The molecule has 3 rings (SSSR count). The molecule has 1 aromatic carbocycles. The third-order valence-electron chi connectivity index (χ3n) is 4.77. The van der Waals surface area contributed by atoms with Gasteiger partial charge >= 0.3 is 0 Å². The molecule has 2 heterocycles. The number of benzene rings is 1. The largest absolute Gasteiger partial charge is 0.300 e. The van der Waals surface area contributed by atoms with E-state index in [0.29, 0.717) is 17.9 Å². The molecule has 2 atom stereocenters. The van der Waals surface area contributed by atoms with Crippen molar-refractivity contribution >= 4 is 5.78 Å². The second kappa shape index (κ2) is 4.85. The Hall–Kier alpha value is -1.15. The Labute approximate surface area is 109 Å². The summed E-state index contributed by atoms with van der Waals surface area (Å²) in [6, 6.07) is 11.1. The number of ketones is 1. The van der Waals surface area contributed by atoms with Gasteiger partial charge in [-0.1, -0.05) is 36.8 Å². The van der Waals surface area contributed by atoms with E-state index in [1.54, 1.807) is 0 Å². The van der Waals surface area contributed by atoms with Crippen LogP contribution in [-0.4, -0.2) is 29.8 Å². The van der Waals surface area contributed by atoms with Crippen molar-refractivity contribution < 1.29 is 4.79 Å². The molecule has 0 saturated carbocycles. The molecule has 2 fully saturated rings. The number of rotatable bonds is 2. The molecule has 2 bridgehead atoms. The first-order valence-corrected chi connectivity index (χ1v) is 7.07. The highest BCUT2D eigenvalue weighted by atomic mass is 16.1. The smallest absolute Gasteiger partial charge is 0.166 e. The lowest BCUT2D eigenvalue weighted by molar-refractivity contribution is 0.0338. The zero-order valence-electron chi connectivity index (χ0n) is 11.0. The summed E-state index contributed by atoms with van der Waals surface area (Å²) < 4.78 is 0. The van der Waals surface area contributed by atoms with Crippen molar-refractivity contribution in [2.45, 2.75) is 44.2 Å². The van der Waals surface area contributed by atoms with E-state index in [1.165, 1.54) is 19.3 Å². The highest BCUT2D eigenvalue weighted by Gasteiger charge is 2.38. The van der Waals surface area contributed by atoms with Crippen molar-refractivity contribution in [3.05, 3.63) is 35.9 Å². The van der Waals surface area contributed by atoms with Crippen molar-refractivity contribution in [3.63, 3.8) is 0 Å². The third-order valence-corrected chi connectivity index (χ3v) is 4.77. The van der Waals surface area contributed by atoms with Gasteiger partial charge in [-0.3, -0.25) is 4.79 Å². The number of hydrogen-bond acceptors (Lipinski definition) is 2. The van der Waals surface area contributed by atoms with Crippen LogP contribution < -0.4 is 0 Å². The van der Waals surface area contributed by atoms with Crippen LogP contribution in [-0.2, 0) is 0 Å². The standard InChI is InChI=1S/C16H21NO/c1-17-14-8-5-9-15(17)11-13(10-14)16(18)12-6-3-2-4-7-12/h2-4,6-7,13-15H,5,8-11H2,1H3. The van der Waals surface area contributed by atoms with Crippen LogP contribution in [0.25, 0.3) is 0 Å². The van der Waals surface area contributed by atoms with Crippen molar-refractivity contribution in [1.82, 2.24) is 4.90 Å². The second-order valence-electron chi connectivity index (χ2n) is 5.80. The molecule has 0 amide bonds. The molecule has 0 N–H and O–H groups in total. The summed E-state index contributed by atoms with van der Waals surface area (Å²) in [6.07, 6.45) is 5.99. The van der Waals surface area contributed by atoms with Crippen LogP contribution in [0.4, 0.5) is 0 Å². The van der Waals surface area contributed by atoms with Gasteiger partial charge in [0.1, 0.15) is 0 Å². The van der Waals surface area contributed by atoms with Crippen molar-refractivity contribution in [2.75, 3.05) is 7.05 Å². The molecule has 0 radical (unpaired) electrons. The van der Waals surface area contributed by atoms with E-state index in [-0.39, 0.29) is 5.92 Å². The average molecular weight is 243 g/mol. The van der Waals surface area contributed by atoms with Crippen LogP contribution in [0.1, 0.15) is 42.5 Å². The number of Topliss-reactive ketones (excluding diaryl/α,β-unsaturated/α-hetero) is 1. The third kappa shape index (κ3) is 2.10. The van der Waals surface area contributed by atoms with Crippen LogP contribution in [0.15, 0.2) is 30.3 Å². The van der Waals surface area contributed by atoms with Gasteiger partial charge < -0.3 is 4.90 Å². The Bertz CT molecular complexity index is 414. The van der Waals surface area contributed by atoms with Crippen LogP contribution >= 0.6 is 0 Å². The van der Waals surface area contributed by atoms with E-state index in [1.807, 2.05) is 30.3 Å². The van der Waals surface area contributed by atoms with Crippen LogP contribution in [0.3, 0.4) is 0 Å². The van der Waals surface area contributed by atoms with Crippen LogP contribution in [0.2, 0.25) is 0 Å². The van der Waals surface area contributed by atoms with E-state index in [9.17, 15) is 4.79 Å². The maximum atomic E-state index is 12.5. The van der Waals surface area contributed by atoms with E-state index in [0.717, 1.165) is 18.4 Å². The minimum absolute atomic E-state index is 0.249. The fourth-order valence-corrected chi connectivity index (χ4v) is 3.67. The first-order valence-electron chi connectivity index (χ1n) is 7.07. The Balaban J connectivity index is 1.76. The van der Waals surface area contributed by atoms with Gasteiger partial charge in [0.15, 0.2) is 5.78 Å². The first kappa shape index (κ1) is 11.9. The van der Waals surface area contributed by atoms with Crippen LogP contribution in [0, 0.1) is 5.92 Å². The molecule has 2 heteroatoms. The van der Waals surface area contributed by atoms with E-state index >= 15 is 0 Å². The highest BCUT2D eigenvalue weighted by molar-refractivity contribution is 5.97. The molecule has 2 saturated heterocycles. The number of hydrogen-bond donors (Lipinski definition) is 0. The van der Waals surface area contributed by atoms with Crippen molar-refractivity contribution in [3.8, 4) is 0 Å². The molecular formula is C16H21NO. The quantitative estimate of drug-likeness (QED) is 0.744. The zero-order valence-corrected chi connectivity index (χ0v) is 11.0. The maximum Gasteiger partial charge on any atom is 0.166 e. The van der Waals surface area contributed by atoms with Gasteiger partial charge in [-0.2, -0.15) is 0 Å². The molecule has 0 spiro atoms. The Morgan fingerprint density at radius 1 is 1.11 bits per heavy atom. The summed E-state index contributed by atoms with van der Waals surface area (Å²) in [6.45, 7) is 0. The molecule has 96 valence electrons. The number of carbonyl (C=O) groups is 1. The van der Waals surface area contributed by atoms with Crippen molar-refractivity contribution in [2.24, 2.45) is 5.92 Å². The molecule has 2 aliphatic rings. The Kier molecular flexibility index (Phi) is 3.21. The van der Waals surface area contributed by atoms with Crippen LogP contribution in [0.5, 0.6) is 0 Å². The van der Waals surface area contributed by atoms with E-state index in [4.69, 9.17) is 0 Å².